The number of halogens is 1. The summed E-state index contributed by atoms with van der Waals surface area (Å²) < 4.78 is 33.1. The number of rotatable bonds is 5. The van der Waals surface area contributed by atoms with Crippen LogP contribution in [0.4, 0.5) is 4.39 Å². The first-order chi connectivity index (χ1) is 17.0. The lowest BCUT2D eigenvalue weighted by atomic mass is 9.90. The molecule has 5 rings (SSSR count). The largest absolute Gasteiger partial charge is 0.494 e. The van der Waals surface area contributed by atoms with Crippen LogP contribution >= 0.6 is 0 Å². The molecule has 0 radical (unpaired) electrons. The van der Waals surface area contributed by atoms with Crippen LogP contribution in [-0.2, 0) is 24.5 Å². The van der Waals surface area contributed by atoms with Gasteiger partial charge >= 0.3 is 0 Å². The summed E-state index contributed by atoms with van der Waals surface area (Å²) in [6.45, 7) is 2.94. The normalized spacial score (nSPS) is 13.9. The van der Waals surface area contributed by atoms with Gasteiger partial charge in [-0.15, -0.1) is 0 Å². The zero-order chi connectivity index (χ0) is 24.5. The second-order valence-electron chi connectivity index (χ2n) is 8.41. The van der Waals surface area contributed by atoms with E-state index in [0.29, 0.717) is 30.0 Å². The molecular formula is C28H24FN3O3. The summed E-state index contributed by atoms with van der Waals surface area (Å²) in [5.41, 5.74) is 6.61. The number of allylic oxidation sites excluding steroid dienone is 1. The molecule has 7 heteroatoms. The molecule has 0 fully saturated rings. The van der Waals surface area contributed by atoms with Gasteiger partial charge in [0.1, 0.15) is 41.9 Å². The summed E-state index contributed by atoms with van der Waals surface area (Å²) in [5, 5.41) is 9.68. The number of nitriles is 1. The van der Waals surface area contributed by atoms with Crippen molar-refractivity contribution in [2.24, 2.45) is 0 Å². The standard InChI is InChI=1S/C28H24FN3O3/c1-17(13-30)27-21-9-7-18(11-19(21)15-35-25-12-20(29)8-10-22(25)27)14-32-26(16-33-2)31-23-5-4-6-24(34-3)28(23)32/h4-12H,14-16H2,1-3H3/b27-17+. The predicted molar refractivity (Wildman–Crippen MR) is 131 cm³/mol. The zero-order valence-corrected chi connectivity index (χ0v) is 19.8. The van der Waals surface area contributed by atoms with Crippen molar-refractivity contribution in [2.45, 2.75) is 26.7 Å². The number of benzene rings is 3. The van der Waals surface area contributed by atoms with Gasteiger partial charge in [-0.2, -0.15) is 5.26 Å². The average Bonchev–Trinajstić information content (AvgIpc) is 3.12. The van der Waals surface area contributed by atoms with Gasteiger partial charge in [0.25, 0.3) is 0 Å². The van der Waals surface area contributed by atoms with Crippen molar-refractivity contribution in [2.75, 3.05) is 14.2 Å². The van der Waals surface area contributed by atoms with Crippen molar-refractivity contribution in [1.29, 1.82) is 5.26 Å². The Morgan fingerprint density at radius 1 is 1.14 bits per heavy atom. The Hall–Kier alpha value is -4.15. The van der Waals surface area contributed by atoms with E-state index >= 15 is 0 Å². The molecule has 0 saturated carbocycles. The van der Waals surface area contributed by atoms with Gasteiger partial charge in [-0.1, -0.05) is 18.2 Å². The second kappa shape index (κ2) is 9.24. The van der Waals surface area contributed by atoms with Crippen molar-refractivity contribution >= 4 is 16.6 Å². The van der Waals surface area contributed by atoms with Crippen molar-refractivity contribution in [1.82, 2.24) is 9.55 Å². The molecule has 4 aromatic rings. The third-order valence-electron chi connectivity index (χ3n) is 6.22. The van der Waals surface area contributed by atoms with E-state index in [9.17, 15) is 9.65 Å². The molecule has 0 bridgehead atoms. The first kappa shape index (κ1) is 22.6. The fourth-order valence-corrected chi connectivity index (χ4v) is 4.65. The van der Waals surface area contributed by atoms with E-state index in [0.717, 1.165) is 44.9 Å². The third kappa shape index (κ3) is 4.02. The zero-order valence-electron chi connectivity index (χ0n) is 19.8. The summed E-state index contributed by atoms with van der Waals surface area (Å²) in [7, 11) is 3.29. The minimum atomic E-state index is -0.379. The summed E-state index contributed by atoms with van der Waals surface area (Å²) in [5.74, 6) is 1.58. The summed E-state index contributed by atoms with van der Waals surface area (Å²) in [4.78, 5) is 4.75. The fraction of sp³-hybridized carbons (Fsp3) is 0.214. The Morgan fingerprint density at radius 2 is 1.97 bits per heavy atom. The fourth-order valence-electron chi connectivity index (χ4n) is 4.65. The lowest BCUT2D eigenvalue weighted by Gasteiger charge is -2.15. The summed E-state index contributed by atoms with van der Waals surface area (Å²) in [6.07, 6.45) is 0. The Labute approximate surface area is 202 Å². The minimum Gasteiger partial charge on any atom is -0.494 e. The van der Waals surface area contributed by atoms with E-state index in [-0.39, 0.29) is 12.4 Å². The maximum absolute atomic E-state index is 13.9. The van der Waals surface area contributed by atoms with E-state index in [4.69, 9.17) is 19.2 Å². The average molecular weight is 470 g/mol. The molecule has 6 nitrogen and oxygen atoms in total. The Morgan fingerprint density at radius 3 is 2.74 bits per heavy atom. The van der Waals surface area contributed by atoms with Gasteiger partial charge in [-0.3, -0.25) is 0 Å². The van der Waals surface area contributed by atoms with Crippen molar-refractivity contribution in [3.8, 4) is 17.6 Å². The van der Waals surface area contributed by atoms with Crippen LogP contribution in [-0.4, -0.2) is 23.8 Å². The Balaban J connectivity index is 1.62. The quantitative estimate of drug-likeness (QED) is 0.355. The van der Waals surface area contributed by atoms with Crippen molar-refractivity contribution < 1.29 is 18.6 Å². The van der Waals surface area contributed by atoms with Crippen LogP contribution in [0.1, 0.15) is 35.0 Å². The molecule has 2 heterocycles. The smallest absolute Gasteiger partial charge is 0.144 e. The van der Waals surface area contributed by atoms with Crippen LogP contribution in [0.2, 0.25) is 0 Å². The van der Waals surface area contributed by atoms with Crippen LogP contribution in [0.25, 0.3) is 16.6 Å². The van der Waals surface area contributed by atoms with Crippen molar-refractivity contribution in [3.05, 3.63) is 94.1 Å². The monoisotopic (exact) mass is 469 g/mol. The lowest BCUT2D eigenvalue weighted by Crippen LogP contribution is -2.08. The Bertz CT molecular complexity index is 1510. The highest BCUT2D eigenvalue weighted by Crippen LogP contribution is 2.39. The van der Waals surface area contributed by atoms with Gasteiger partial charge in [0.2, 0.25) is 0 Å². The topological polar surface area (TPSA) is 69.3 Å². The van der Waals surface area contributed by atoms with E-state index < -0.39 is 0 Å². The van der Waals surface area contributed by atoms with E-state index in [2.05, 4.69) is 16.7 Å². The van der Waals surface area contributed by atoms with E-state index in [1.807, 2.05) is 30.3 Å². The van der Waals surface area contributed by atoms with Gasteiger partial charge in [-0.25, -0.2) is 9.37 Å². The number of aromatic nitrogens is 2. The second-order valence-corrected chi connectivity index (χ2v) is 8.41. The molecule has 0 saturated heterocycles. The lowest BCUT2D eigenvalue weighted by molar-refractivity contribution is 0.175. The number of methoxy groups -OCH3 is 2. The number of fused-ring (bicyclic) bond motifs is 3. The highest BCUT2D eigenvalue weighted by atomic mass is 19.1. The molecule has 0 spiro atoms. The molecule has 0 unspecified atom stereocenters. The molecule has 0 aliphatic carbocycles. The number of hydrogen-bond donors (Lipinski definition) is 0. The number of para-hydroxylation sites is 1. The molecule has 1 aliphatic rings. The molecule has 1 aromatic heterocycles. The predicted octanol–water partition coefficient (Wildman–Crippen LogP) is 5.62. The Kier molecular flexibility index (Phi) is 5.98. The number of ether oxygens (including phenoxy) is 3. The number of imidazole rings is 1. The summed E-state index contributed by atoms with van der Waals surface area (Å²) in [6, 6.07) is 18.6. The maximum atomic E-state index is 13.9. The minimum absolute atomic E-state index is 0.265. The van der Waals surface area contributed by atoms with E-state index in [1.165, 1.54) is 12.1 Å². The molecule has 0 N–H and O–H groups in total. The van der Waals surface area contributed by atoms with Gasteiger partial charge in [-0.05, 0) is 53.9 Å². The number of nitrogens with zero attached hydrogens (tertiary/aromatic N) is 3. The SMILES string of the molecule is COCc1nc2cccc(OC)c2n1Cc1ccc2c(c1)COc1cc(F)ccc1/C2=C(\C)C#N. The van der Waals surface area contributed by atoms with Gasteiger partial charge < -0.3 is 18.8 Å². The van der Waals surface area contributed by atoms with Gasteiger partial charge in [0.15, 0.2) is 0 Å². The van der Waals surface area contributed by atoms with Gasteiger partial charge in [0.05, 0.1) is 18.7 Å². The van der Waals surface area contributed by atoms with E-state index in [1.54, 1.807) is 27.2 Å². The summed E-state index contributed by atoms with van der Waals surface area (Å²) >= 11 is 0. The highest BCUT2D eigenvalue weighted by molar-refractivity contribution is 5.88. The molecular weight excluding hydrogens is 445 g/mol. The molecule has 1 aliphatic heterocycles. The van der Waals surface area contributed by atoms with Crippen molar-refractivity contribution in [3.63, 3.8) is 0 Å². The van der Waals surface area contributed by atoms with Crippen LogP contribution in [0.5, 0.6) is 11.5 Å². The third-order valence-corrected chi connectivity index (χ3v) is 6.22. The molecule has 35 heavy (non-hydrogen) atoms. The first-order valence-electron chi connectivity index (χ1n) is 11.2. The van der Waals surface area contributed by atoms with Crippen LogP contribution in [0.15, 0.2) is 60.2 Å². The molecule has 176 valence electrons. The maximum Gasteiger partial charge on any atom is 0.144 e. The number of hydrogen-bond acceptors (Lipinski definition) is 5. The molecule has 0 atom stereocenters. The van der Waals surface area contributed by atoms with Gasteiger partial charge in [0, 0.05) is 36.4 Å². The van der Waals surface area contributed by atoms with Crippen LogP contribution in [0, 0.1) is 17.1 Å². The highest BCUT2D eigenvalue weighted by Gasteiger charge is 2.23. The van der Waals surface area contributed by atoms with Crippen LogP contribution in [0.3, 0.4) is 0 Å². The molecule has 3 aromatic carbocycles. The first-order valence-corrected chi connectivity index (χ1v) is 11.2. The van der Waals surface area contributed by atoms with Crippen LogP contribution < -0.4 is 9.47 Å². The molecule has 0 amide bonds.